The van der Waals surface area contributed by atoms with Gasteiger partial charge in [-0.25, -0.2) is 4.79 Å². The van der Waals surface area contributed by atoms with Gasteiger partial charge in [0.25, 0.3) is 11.8 Å². The van der Waals surface area contributed by atoms with Crippen LogP contribution in [0.2, 0.25) is 0 Å². The highest BCUT2D eigenvalue weighted by Gasteiger charge is 2.41. The molecule has 2 heterocycles. The van der Waals surface area contributed by atoms with E-state index in [0.29, 0.717) is 12.1 Å². The number of benzene rings is 2. The Morgan fingerprint density at radius 2 is 1.69 bits per heavy atom. The zero-order valence-corrected chi connectivity index (χ0v) is 22.8. The molecule has 4 atom stereocenters. The number of hydrogen-bond acceptors (Lipinski definition) is 9. The fourth-order valence-electron chi connectivity index (χ4n) is 5.23. The van der Waals surface area contributed by atoms with Crippen molar-refractivity contribution in [1.29, 1.82) is 0 Å². The number of para-hydroxylation sites is 1. The highest BCUT2D eigenvalue weighted by atomic mass is 16.4. The first-order valence-electron chi connectivity index (χ1n) is 13.6. The van der Waals surface area contributed by atoms with E-state index in [4.69, 9.17) is 4.42 Å². The van der Waals surface area contributed by atoms with Crippen LogP contribution >= 0.6 is 0 Å². The number of furan rings is 1. The van der Waals surface area contributed by atoms with E-state index in [1.54, 1.807) is 6.07 Å². The predicted molar refractivity (Wildman–Crippen MR) is 150 cm³/mol. The molecular weight excluding hydrogens is 544 g/mol. The largest absolute Gasteiger partial charge is 0.505 e. The number of aliphatic carboxylic acids is 1. The molecule has 42 heavy (non-hydrogen) atoms. The van der Waals surface area contributed by atoms with Gasteiger partial charge in [-0.05, 0) is 36.2 Å². The maximum absolute atomic E-state index is 13.5. The smallest absolute Gasteiger partial charge is 0.328 e. The monoisotopic (exact) mass is 576 g/mol. The molecule has 0 bridgehead atoms. The highest BCUT2D eigenvalue weighted by Crippen LogP contribution is 2.36. The van der Waals surface area contributed by atoms with E-state index < -0.39 is 41.8 Å². The average Bonchev–Trinajstić information content (AvgIpc) is 3.56. The normalized spacial score (nSPS) is 21.0. The van der Waals surface area contributed by atoms with Gasteiger partial charge >= 0.3 is 5.97 Å². The number of hydrogen-bond donors (Lipinski definition) is 6. The van der Waals surface area contributed by atoms with Crippen LogP contribution < -0.4 is 10.6 Å². The minimum atomic E-state index is -1.35. The third-order valence-corrected chi connectivity index (χ3v) is 7.60. The number of phenols is 1. The second kappa shape index (κ2) is 12.0. The van der Waals surface area contributed by atoms with Crippen molar-refractivity contribution in [1.82, 2.24) is 15.1 Å². The van der Waals surface area contributed by atoms with Crippen LogP contribution in [0.5, 0.6) is 5.75 Å². The highest BCUT2D eigenvalue weighted by molar-refractivity contribution is 6.01. The number of carboxylic acids is 1. The molecule has 6 N–H and O–H groups in total. The molecule has 220 valence electrons. The zero-order valence-electron chi connectivity index (χ0n) is 22.8. The summed E-state index contributed by atoms with van der Waals surface area (Å²) >= 11 is 0. The maximum Gasteiger partial charge on any atom is 0.328 e. The lowest BCUT2D eigenvalue weighted by Gasteiger charge is -2.39. The van der Waals surface area contributed by atoms with Crippen LogP contribution in [-0.4, -0.2) is 85.9 Å². The Labute approximate surface area is 241 Å². The summed E-state index contributed by atoms with van der Waals surface area (Å²) < 4.78 is 5.13. The molecule has 12 heteroatoms. The Morgan fingerprint density at radius 1 is 0.952 bits per heavy atom. The fourth-order valence-corrected chi connectivity index (χ4v) is 5.23. The van der Waals surface area contributed by atoms with Crippen LogP contribution in [0.1, 0.15) is 45.9 Å². The second-order valence-corrected chi connectivity index (χ2v) is 10.1. The van der Waals surface area contributed by atoms with Gasteiger partial charge in [0.05, 0.1) is 41.5 Å². The summed E-state index contributed by atoms with van der Waals surface area (Å²) in [5.74, 6) is -2.90. The minimum Gasteiger partial charge on any atom is -0.505 e. The van der Waals surface area contributed by atoms with E-state index in [1.165, 1.54) is 35.4 Å². The number of carboxylic acid groups (broad SMARTS) is 1. The molecular formula is C30H32N4O8. The van der Waals surface area contributed by atoms with Gasteiger partial charge < -0.3 is 45.3 Å². The molecule has 0 spiro atoms. The summed E-state index contributed by atoms with van der Waals surface area (Å²) in [6.07, 6.45) is -0.386. The molecule has 5 rings (SSSR count). The van der Waals surface area contributed by atoms with Gasteiger partial charge in [-0.2, -0.15) is 0 Å². The van der Waals surface area contributed by atoms with Crippen LogP contribution in [0.4, 0.5) is 5.69 Å². The summed E-state index contributed by atoms with van der Waals surface area (Å²) in [6, 6.07) is 15.5. The first-order valence-corrected chi connectivity index (χ1v) is 13.6. The molecule has 1 saturated heterocycles. The molecule has 2 amide bonds. The molecule has 0 saturated carbocycles. The van der Waals surface area contributed by atoms with Gasteiger partial charge in [-0.3, -0.25) is 9.59 Å². The summed E-state index contributed by atoms with van der Waals surface area (Å²) in [6.45, 7) is 1.71. The maximum atomic E-state index is 13.5. The average molecular weight is 577 g/mol. The molecule has 1 aliphatic heterocycles. The summed E-state index contributed by atoms with van der Waals surface area (Å²) in [5.41, 5.74) is 1.53. The summed E-state index contributed by atoms with van der Waals surface area (Å²) in [5, 5.41) is 48.1. The van der Waals surface area contributed by atoms with Crippen molar-refractivity contribution in [2.45, 2.75) is 37.6 Å². The zero-order chi connectivity index (χ0) is 30.0. The lowest BCUT2D eigenvalue weighted by molar-refractivity contribution is -0.144. The van der Waals surface area contributed by atoms with Crippen LogP contribution in [-0.2, 0) is 4.79 Å². The number of amides is 2. The number of carbonyl (C=O) groups is 3. The van der Waals surface area contributed by atoms with E-state index in [9.17, 15) is 34.8 Å². The Balaban J connectivity index is 1.35. The Morgan fingerprint density at radius 3 is 2.36 bits per heavy atom. The van der Waals surface area contributed by atoms with Crippen molar-refractivity contribution in [3.63, 3.8) is 0 Å². The van der Waals surface area contributed by atoms with Crippen LogP contribution in [0.15, 0.2) is 82.7 Å². The number of rotatable bonds is 9. The van der Waals surface area contributed by atoms with Crippen molar-refractivity contribution in [3.8, 4) is 5.75 Å². The van der Waals surface area contributed by atoms with Crippen molar-refractivity contribution in [3.05, 3.63) is 95.2 Å². The van der Waals surface area contributed by atoms with Gasteiger partial charge in [0.1, 0.15) is 18.2 Å². The molecule has 0 radical (unpaired) electrons. The van der Waals surface area contributed by atoms with Gasteiger partial charge in [0.15, 0.2) is 11.5 Å². The van der Waals surface area contributed by atoms with E-state index in [1.807, 2.05) is 37.3 Å². The molecule has 1 aliphatic carbocycles. The summed E-state index contributed by atoms with van der Waals surface area (Å²) in [7, 11) is 0. The molecule has 4 unspecified atom stereocenters. The third kappa shape index (κ3) is 5.41. The number of nitrogens with one attached hydrogen (secondary N) is 2. The summed E-state index contributed by atoms with van der Waals surface area (Å²) in [4.78, 5) is 40.8. The fraction of sp³-hybridized carbons (Fsp3) is 0.300. The van der Waals surface area contributed by atoms with Gasteiger partial charge in [0, 0.05) is 13.1 Å². The Bertz CT molecular complexity index is 1490. The number of piperazine rings is 1. The SMILES string of the molecule is CCC(NC1=C(Nc2cccc(C(=O)N3CCN(C(=O)c4ccco4)CC3C(=O)O)c2O)C(O)C1O)c1ccccc1. The van der Waals surface area contributed by atoms with Crippen molar-refractivity contribution in [2.75, 3.05) is 25.0 Å². The van der Waals surface area contributed by atoms with Gasteiger partial charge in [-0.1, -0.05) is 43.3 Å². The van der Waals surface area contributed by atoms with E-state index in [0.717, 1.165) is 10.5 Å². The third-order valence-electron chi connectivity index (χ3n) is 7.60. The lowest BCUT2D eigenvalue weighted by Crippen LogP contribution is -2.59. The van der Waals surface area contributed by atoms with E-state index >= 15 is 0 Å². The molecule has 1 fully saturated rings. The standard InChI is InChI=1S/C30H32N4O8/c1-2-19(17-8-4-3-5-9-17)31-23-24(27(37)26(23)36)32-20-11-6-10-18(25(20)35)28(38)34-14-13-33(16-21(34)30(40)41)29(39)22-12-7-15-42-22/h3-12,15,19,21,26-27,31-32,35-37H,2,13-14,16H2,1H3,(H,40,41). The van der Waals surface area contributed by atoms with Crippen LogP contribution in [0.25, 0.3) is 0 Å². The number of aromatic hydroxyl groups is 1. The molecule has 2 aliphatic rings. The van der Waals surface area contributed by atoms with Crippen LogP contribution in [0.3, 0.4) is 0 Å². The Kier molecular flexibility index (Phi) is 8.18. The first kappa shape index (κ1) is 28.7. The minimum absolute atomic E-state index is 0.0656. The first-order chi connectivity index (χ1) is 20.2. The Hall–Kier alpha value is -4.81. The molecule has 3 aromatic rings. The van der Waals surface area contributed by atoms with Crippen LogP contribution in [0, 0.1) is 0 Å². The number of anilines is 1. The molecule has 1 aromatic heterocycles. The number of phenolic OH excluding ortho intramolecular Hbond substituents is 1. The van der Waals surface area contributed by atoms with E-state index in [-0.39, 0.29) is 48.4 Å². The van der Waals surface area contributed by atoms with Crippen molar-refractivity contribution < 1.29 is 39.2 Å². The van der Waals surface area contributed by atoms with Crippen molar-refractivity contribution >= 4 is 23.5 Å². The van der Waals surface area contributed by atoms with Gasteiger partial charge in [0.2, 0.25) is 0 Å². The van der Waals surface area contributed by atoms with E-state index in [2.05, 4.69) is 10.6 Å². The molecule has 12 nitrogen and oxygen atoms in total. The van der Waals surface area contributed by atoms with Gasteiger partial charge in [-0.15, -0.1) is 0 Å². The number of carbonyl (C=O) groups excluding carboxylic acids is 2. The topological polar surface area (TPSA) is 176 Å². The lowest BCUT2D eigenvalue weighted by atomic mass is 9.91. The molecule has 2 aromatic carbocycles. The number of aliphatic hydroxyl groups is 2. The second-order valence-electron chi connectivity index (χ2n) is 10.1. The number of nitrogens with zero attached hydrogens (tertiary/aromatic N) is 2. The number of aliphatic hydroxyl groups excluding tert-OH is 2. The van der Waals surface area contributed by atoms with Crippen molar-refractivity contribution in [2.24, 2.45) is 0 Å². The predicted octanol–water partition coefficient (Wildman–Crippen LogP) is 2.14. The quantitative estimate of drug-likeness (QED) is 0.207.